The zero-order chi connectivity index (χ0) is 20.5. The minimum Gasteiger partial charge on any atom is -0.463 e. The molecule has 0 radical (unpaired) electrons. The third-order valence-electron chi connectivity index (χ3n) is 5.72. The Morgan fingerprint density at radius 2 is 1.66 bits per heavy atom. The van der Waals surface area contributed by atoms with E-state index in [4.69, 9.17) is 55.9 Å². The summed E-state index contributed by atoms with van der Waals surface area (Å²) in [7, 11) is 0. The highest BCUT2D eigenvalue weighted by molar-refractivity contribution is 6.53. The highest BCUT2D eigenvalue weighted by Gasteiger charge is 2.68. The van der Waals surface area contributed by atoms with Crippen molar-refractivity contribution in [2.75, 3.05) is 13.2 Å². The summed E-state index contributed by atoms with van der Waals surface area (Å²) in [6.45, 7) is 0.161. The molecule has 29 heavy (non-hydrogen) atoms. The molecule has 9 heteroatoms. The molecule has 5 nitrogen and oxygen atoms in total. The van der Waals surface area contributed by atoms with Crippen LogP contribution in [0.15, 0.2) is 30.3 Å². The van der Waals surface area contributed by atoms with Crippen LogP contribution in [0.25, 0.3) is 0 Å². The largest absolute Gasteiger partial charge is 0.463 e. The van der Waals surface area contributed by atoms with E-state index in [-0.39, 0.29) is 51.1 Å². The molecule has 4 aliphatic rings. The minimum atomic E-state index is -1.23. The first-order chi connectivity index (χ1) is 13.9. The number of hydrogen-bond acceptors (Lipinski definition) is 4. The van der Waals surface area contributed by atoms with Crippen LogP contribution in [0.3, 0.4) is 0 Å². The molecule has 2 bridgehead atoms. The van der Waals surface area contributed by atoms with Gasteiger partial charge in [0.1, 0.15) is 12.7 Å². The summed E-state index contributed by atoms with van der Waals surface area (Å²) in [6.07, 6.45) is -0.430. The van der Waals surface area contributed by atoms with Crippen LogP contribution in [0.4, 0.5) is 0 Å². The number of amides is 1. The van der Waals surface area contributed by atoms with Gasteiger partial charge in [-0.2, -0.15) is 0 Å². The van der Waals surface area contributed by atoms with Gasteiger partial charge in [0, 0.05) is 12.1 Å². The van der Waals surface area contributed by atoms with Gasteiger partial charge in [0.15, 0.2) is 5.72 Å². The van der Waals surface area contributed by atoms with Crippen LogP contribution in [-0.4, -0.2) is 36.0 Å². The molecule has 1 spiro atoms. The molecule has 4 aliphatic heterocycles. The van der Waals surface area contributed by atoms with E-state index < -0.39 is 23.7 Å². The highest BCUT2D eigenvalue weighted by Crippen LogP contribution is 2.63. The molecule has 0 aromatic heterocycles. The maximum Gasteiger partial charge on any atom is 0.307 e. The zero-order valence-corrected chi connectivity index (χ0v) is 17.8. The first-order valence-corrected chi connectivity index (χ1v) is 10.5. The molecular formula is C20H13Cl4NO4. The summed E-state index contributed by atoms with van der Waals surface area (Å²) in [5, 5.41) is 0.229. The summed E-state index contributed by atoms with van der Waals surface area (Å²) in [5.41, 5.74) is 0.245. The Balaban J connectivity index is 1.80. The molecule has 0 unspecified atom stereocenters. The first-order valence-electron chi connectivity index (χ1n) is 8.94. The number of carbonyl (C=O) groups is 2. The SMILES string of the molecule is O=C1CCN2C(=O)c3c(Cl)c(Cl)c(Cl)c(Cl)c3[C@]23O[C@H](CO1)[C@@H]3c1ccccc1. The molecule has 0 saturated carbocycles. The van der Waals surface area contributed by atoms with Crippen LogP contribution in [0.5, 0.6) is 0 Å². The molecule has 0 aliphatic carbocycles. The van der Waals surface area contributed by atoms with Gasteiger partial charge >= 0.3 is 5.97 Å². The van der Waals surface area contributed by atoms with E-state index in [2.05, 4.69) is 0 Å². The second-order valence-corrected chi connectivity index (χ2v) is 8.65. The van der Waals surface area contributed by atoms with Gasteiger partial charge in [0.2, 0.25) is 0 Å². The second kappa shape index (κ2) is 6.76. The predicted molar refractivity (Wildman–Crippen MR) is 109 cm³/mol. The van der Waals surface area contributed by atoms with Crippen molar-refractivity contribution in [1.82, 2.24) is 4.90 Å². The van der Waals surface area contributed by atoms with E-state index in [9.17, 15) is 9.59 Å². The van der Waals surface area contributed by atoms with Crippen molar-refractivity contribution in [3.63, 3.8) is 0 Å². The monoisotopic (exact) mass is 471 g/mol. The summed E-state index contributed by atoms with van der Waals surface area (Å²) in [5.74, 6) is -1.13. The van der Waals surface area contributed by atoms with Gasteiger partial charge in [0.05, 0.1) is 38.0 Å². The molecule has 150 valence electrons. The van der Waals surface area contributed by atoms with Gasteiger partial charge < -0.3 is 14.4 Å². The number of nitrogens with zero attached hydrogens (tertiary/aromatic N) is 1. The lowest BCUT2D eigenvalue weighted by Gasteiger charge is -2.56. The molecule has 2 aromatic rings. The number of rotatable bonds is 1. The van der Waals surface area contributed by atoms with E-state index in [0.29, 0.717) is 5.56 Å². The van der Waals surface area contributed by atoms with E-state index >= 15 is 0 Å². The highest BCUT2D eigenvalue weighted by atomic mass is 35.5. The van der Waals surface area contributed by atoms with Crippen molar-refractivity contribution in [2.24, 2.45) is 0 Å². The van der Waals surface area contributed by atoms with Crippen LogP contribution < -0.4 is 0 Å². The van der Waals surface area contributed by atoms with Gasteiger partial charge in [0.25, 0.3) is 5.91 Å². The number of ether oxygens (including phenoxy) is 2. The van der Waals surface area contributed by atoms with Gasteiger partial charge in [-0.3, -0.25) is 9.59 Å². The van der Waals surface area contributed by atoms with E-state index in [1.165, 1.54) is 4.90 Å². The molecule has 6 rings (SSSR count). The summed E-state index contributed by atoms with van der Waals surface area (Å²) in [4.78, 5) is 27.0. The normalized spacial score (nSPS) is 27.9. The molecular weight excluding hydrogens is 460 g/mol. The molecule has 0 N–H and O–H groups in total. The average Bonchev–Trinajstić information content (AvgIpc) is 3.02. The van der Waals surface area contributed by atoms with Gasteiger partial charge in [-0.1, -0.05) is 76.7 Å². The summed E-state index contributed by atoms with van der Waals surface area (Å²) >= 11 is 25.6. The molecule has 3 atom stereocenters. The summed E-state index contributed by atoms with van der Waals surface area (Å²) < 4.78 is 11.6. The Bertz CT molecular complexity index is 1060. The molecule has 2 aromatic carbocycles. The molecule has 3 saturated heterocycles. The Hall–Kier alpha value is -1.50. The van der Waals surface area contributed by atoms with Crippen molar-refractivity contribution in [3.8, 4) is 0 Å². The lowest BCUT2D eigenvalue weighted by Crippen LogP contribution is -2.64. The Kier molecular flexibility index (Phi) is 4.53. The lowest BCUT2D eigenvalue weighted by molar-refractivity contribution is -0.297. The Morgan fingerprint density at radius 3 is 2.38 bits per heavy atom. The standard InChI is InChI=1S/C20H13Cl4NO4/c21-15-12-14(16(22)18(24)17(15)23)20-13(9-4-2-1-3-5-9)10(29-20)8-28-11(26)6-7-25(20)19(12)27/h1-5,10,13H,6-8H2/t10-,13+,20+/m1/s1. The number of halogens is 4. The molecule has 1 amide bonds. The number of carbonyl (C=O) groups excluding carboxylic acids is 2. The van der Waals surface area contributed by atoms with Crippen LogP contribution in [0.1, 0.15) is 33.8 Å². The Labute approximate surface area is 186 Å². The van der Waals surface area contributed by atoms with Crippen LogP contribution in [0.2, 0.25) is 20.1 Å². The van der Waals surface area contributed by atoms with Crippen molar-refractivity contribution >= 4 is 58.3 Å². The fourth-order valence-corrected chi connectivity index (χ4v) is 5.61. The number of benzene rings is 2. The fraction of sp³-hybridized carbons (Fsp3) is 0.300. The second-order valence-electron chi connectivity index (χ2n) is 7.14. The number of hydrogen-bond donors (Lipinski definition) is 0. The van der Waals surface area contributed by atoms with E-state index in [0.717, 1.165) is 5.56 Å². The van der Waals surface area contributed by atoms with Crippen molar-refractivity contribution < 1.29 is 19.1 Å². The quantitative estimate of drug-likeness (QED) is 0.331. The third-order valence-corrected chi connectivity index (χ3v) is 7.52. The van der Waals surface area contributed by atoms with Crippen molar-refractivity contribution in [2.45, 2.75) is 24.2 Å². The smallest absolute Gasteiger partial charge is 0.307 e. The third kappa shape index (κ3) is 2.52. The maximum absolute atomic E-state index is 13.4. The summed E-state index contributed by atoms with van der Waals surface area (Å²) in [6, 6.07) is 9.57. The van der Waals surface area contributed by atoms with Crippen molar-refractivity contribution in [3.05, 3.63) is 67.1 Å². The number of fused-ring (bicyclic) bond motifs is 5. The first kappa shape index (κ1) is 19.5. The van der Waals surface area contributed by atoms with Crippen LogP contribution in [-0.2, 0) is 20.0 Å². The predicted octanol–water partition coefficient (Wildman–Crippen LogP) is 5.04. The zero-order valence-electron chi connectivity index (χ0n) is 14.8. The fourth-order valence-electron chi connectivity index (χ4n) is 4.54. The Morgan fingerprint density at radius 1 is 0.966 bits per heavy atom. The van der Waals surface area contributed by atoms with Gasteiger partial charge in [-0.25, -0.2) is 0 Å². The number of esters is 1. The van der Waals surface area contributed by atoms with E-state index in [1.807, 2.05) is 30.3 Å². The lowest BCUT2D eigenvalue weighted by atomic mass is 9.74. The van der Waals surface area contributed by atoms with Crippen LogP contribution >= 0.6 is 46.4 Å². The van der Waals surface area contributed by atoms with E-state index in [1.54, 1.807) is 0 Å². The molecule has 4 heterocycles. The van der Waals surface area contributed by atoms with Crippen LogP contribution in [0, 0.1) is 0 Å². The molecule has 3 fully saturated rings. The minimum absolute atomic E-state index is 0.0149. The maximum atomic E-state index is 13.4. The average molecular weight is 473 g/mol. The topological polar surface area (TPSA) is 55.8 Å². The van der Waals surface area contributed by atoms with Crippen molar-refractivity contribution in [1.29, 1.82) is 0 Å². The van der Waals surface area contributed by atoms with Gasteiger partial charge in [-0.15, -0.1) is 0 Å². The van der Waals surface area contributed by atoms with Gasteiger partial charge in [-0.05, 0) is 5.56 Å².